The number of nitro benzene ring substituents is 1. The van der Waals surface area contributed by atoms with E-state index in [1.807, 2.05) is 24.0 Å². The SMILES string of the molecule is Cc1ccc(NC(=O)COC(=O)c2ccc(N3CCOCC3)c([N+](=O)[O-])c2)cc1. The Morgan fingerprint density at radius 3 is 2.52 bits per heavy atom. The van der Waals surface area contributed by atoms with Crippen molar-refractivity contribution in [3.63, 3.8) is 0 Å². The molecule has 9 nitrogen and oxygen atoms in total. The van der Waals surface area contributed by atoms with Crippen LogP contribution in [0.5, 0.6) is 0 Å². The molecule has 0 aromatic heterocycles. The summed E-state index contributed by atoms with van der Waals surface area (Å²) in [5.41, 5.74) is 1.88. The number of nitro groups is 1. The van der Waals surface area contributed by atoms with Gasteiger partial charge in [0.05, 0.1) is 23.7 Å². The number of nitrogens with zero attached hydrogens (tertiary/aromatic N) is 2. The fourth-order valence-electron chi connectivity index (χ4n) is 2.92. The third-order valence-electron chi connectivity index (χ3n) is 4.43. The van der Waals surface area contributed by atoms with Crippen LogP contribution in [0.1, 0.15) is 15.9 Å². The van der Waals surface area contributed by atoms with Gasteiger partial charge in [0.2, 0.25) is 0 Å². The highest BCUT2D eigenvalue weighted by molar-refractivity contribution is 5.96. The third kappa shape index (κ3) is 5.29. The Bertz CT molecular complexity index is 907. The molecule has 0 spiro atoms. The Morgan fingerprint density at radius 1 is 1.17 bits per heavy atom. The Balaban J connectivity index is 1.64. The molecule has 0 bridgehead atoms. The summed E-state index contributed by atoms with van der Waals surface area (Å²) in [6.07, 6.45) is 0. The monoisotopic (exact) mass is 399 g/mol. The lowest BCUT2D eigenvalue weighted by Crippen LogP contribution is -2.36. The van der Waals surface area contributed by atoms with Gasteiger partial charge in [0.1, 0.15) is 5.69 Å². The molecule has 1 amide bonds. The van der Waals surface area contributed by atoms with Crippen LogP contribution in [-0.4, -0.2) is 49.7 Å². The molecule has 1 saturated heterocycles. The summed E-state index contributed by atoms with van der Waals surface area (Å²) in [4.78, 5) is 37.0. The van der Waals surface area contributed by atoms with Gasteiger partial charge in [-0.05, 0) is 31.2 Å². The highest BCUT2D eigenvalue weighted by Crippen LogP contribution is 2.30. The van der Waals surface area contributed by atoms with Gasteiger partial charge in [0, 0.05) is 24.8 Å². The first-order valence-corrected chi connectivity index (χ1v) is 9.09. The Hall–Kier alpha value is -3.46. The van der Waals surface area contributed by atoms with Crippen molar-refractivity contribution in [3.05, 3.63) is 63.7 Å². The Kier molecular flexibility index (Phi) is 6.40. The number of carbonyl (C=O) groups is 2. The highest BCUT2D eigenvalue weighted by Gasteiger charge is 2.24. The van der Waals surface area contributed by atoms with Gasteiger partial charge < -0.3 is 19.7 Å². The fraction of sp³-hybridized carbons (Fsp3) is 0.300. The average molecular weight is 399 g/mol. The molecule has 3 rings (SSSR count). The lowest BCUT2D eigenvalue weighted by atomic mass is 10.1. The summed E-state index contributed by atoms with van der Waals surface area (Å²) in [5, 5.41) is 14.1. The number of rotatable bonds is 6. The topological polar surface area (TPSA) is 111 Å². The number of esters is 1. The molecular weight excluding hydrogens is 378 g/mol. The zero-order valence-corrected chi connectivity index (χ0v) is 15.9. The quantitative estimate of drug-likeness (QED) is 0.451. The second-order valence-electron chi connectivity index (χ2n) is 6.55. The summed E-state index contributed by atoms with van der Waals surface area (Å²) in [6, 6.07) is 11.3. The first-order chi connectivity index (χ1) is 13.9. The molecule has 0 aliphatic carbocycles. The van der Waals surface area contributed by atoms with Crippen molar-refractivity contribution >= 4 is 28.9 Å². The molecule has 0 saturated carbocycles. The van der Waals surface area contributed by atoms with Crippen LogP contribution in [0.25, 0.3) is 0 Å². The number of amides is 1. The summed E-state index contributed by atoms with van der Waals surface area (Å²) < 4.78 is 10.3. The summed E-state index contributed by atoms with van der Waals surface area (Å²) in [6.45, 7) is 3.46. The van der Waals surface area contributed by atoms with Crippen LogP contribution in [0.4, 0.5) is 17.1 Å². The second-order valence-corrected chi connectivity index (χ2v) is 6.55. The van der Waals surface area contributed by atoms with Gasteiger partial charge in [0.15, 0.2) is 6.61 Å². The van der Waals surface area contributed by atoms with E-state index in [-0.39, 0.29) is 11.3 Å². The van der Waals surface area contributed by atoms with Crippen LogP contribution < -0.4 is 10.2 Å². The molecule has 152 valence electrons. The second kappa shape index (κ2) is 9.16. The van der Waals surface area contributed by atoms with Gasteiger partial charge in [-0.1, -0.05) is 17.7 Å². The van der Waals surface area contributed by atoms with E-state index in [1.54, 1.807) is 12.1 Å². The van der Waals surface area contributed by atoms with Crippen LogP contribution in [-0.2, 0) is 14.3 Å². The molecule has 1 heterocycles. The molecule has 9 heteroatoms. The standard InChI is InChI=1S/C20H21N3O6/c1-14-2-5-16(6-3-14)21-19(24)13-29-20(25)15-4-7-17(18(12-15)23(26)27)22-8-10-28-11-9-22/h2-7,12H,8-11,13H2,1H3,(H,21,24). The minimum Gasteiger partial charge on any atom is -0.452 e. The highest BCUT2D eigenvalue weighted by atomic mass is 16.6. The zero-order chi connectivity index (χ0) is 20.8. The number of aryl methyl sites for hydroxylation is 1. The average Bonchev–Trinajstić information content (AvgIpc) is 2.74. The smallest absolute Gasteiger partial charge is 0.338 e. The van der Waals surface area contributed by atoms with Crippen LogP contribution in [0, 0.1) is 17.0 Å². The van der Waals surface area contributed by atoms with E-state index in [4.69, 9.17) is 9.47 Å². The van der Waals surface area contributed by atoms with Gasteiger partial charge >= 0.3 is 5.97 Å². The maximum Gasteiger partial charge on any atom is 0.338 e. The molecular formula is C20H21N3O6. The molecule has 1 N–H and O–H groups in total. The van der Waals surface area contributed by atoms with Gasteiger partial charge in [-0.2, -0.15) is 0 Å². The van der Waals surface area contributed by atoms with E-state index < -0.39 is 23.4 Å². The van der Waals surface area contributed by atoms with Gasteiger partial charge in [-0.15, -0.1) is 0 Å². The molecule has 0 radical (unpaired) electrons. The van der Waals surface area contributed by atoms with Crippen molar-refractivity contribution in [1.29, 1.82) is 0 Å². The minimum absolute atomic E-state index is 0.0110. The summed E-state index contributed by atoms with van der Waals surface area (Å²) in [7, 11) is 0. The number of nitrogens with one attached hydrogen (secondary N) is 1. The molecule has 29 heavy (non-hydrogen) atoms. The molecule has 0 atom stereocenters. The van der Waals surface area contributed by atoms with Crippen molar-refractivity contribution in [3.8, 4) is 0 Å². The maximum atomic E-state index is 12.3. The number of hydrogen-bond donors (Lipinski definition) is 1. The fourth-order valence-corrected chi connectivity index (χ4v) is 2.92. The van der Waals surface area contributed by atoms with Crippen molar-refractivity contribution in [2.24, 2.45) is 0 Å². The van der Waals surface area contributed by atoms with E-state index in [1.165, 1.54) is 18.2 Å². The molecule has 1 aliphatic heterocycles. The molecule has 0 unspecified atom stereocenters. The van der Waals surface area contributed by atoms with Gasteiger partial charge in [-0.3, -0.25) is 14.9 Å². The molecule has 1 aliphatic rings. The lowest BCUT2D eigenvalue weighted by molar-refractivity contribution is -0.384. The summed E-state index contributed by atoms with van der Waals surface area (Å²) in [5.74, 6) is -1.30. The lowest BCUT2D eigenvalue weighted by Gasteiger charge is -2.28. The van der Waals surface area contributed by atoms with E-state index in [0.717, 1.165) is 5.56 Å². The molecule has 1 fully saturated rings. The number of carbonyl (C=O) groups excluding carboxylic acids is 2. The van der Waals surface area contributed by atoms with Crippen LogP contribution in [0.3, 0.4) is 0 Å². The molecule has 2 aromatic rings. The normalized spacial score (nSPS) is 13.6. The number of anilines is 2. The van der Waals surface area contributed by atoms with Gasteiger partial charge in [0.25, 0.3) is 11.6 Å². The van der Waals surface area contributed by atoms with Crippen LogP contribution >= 0.6 is 0 Å². The van der Waals surface area contributed by atoms with E-state index in [9.17, 15) is 19.7 Å². The first kappa shape index (κ1) is 20.3. The maximum absolute atomic E-state index is 12.3. The largest absolute Gasteiger partial charge is 0.452 e. The van der Waals surface area contributed by atoms with Crippen LogP contribution in [0.15, 0.2) is 42.5 Å². The Morgan fingerprint density at radius 2 is 1.86 bits per heavy atom. The number of hydrogen-bond acceptors (Lipinski definition) is 7. The van der Waals surface area contributed by atoms with Crippen molar-refractivity contribution in [1.82, 2.24) is 0 Å². The van der Waals surface area contributed by atoms with E-state index in [2.05, 4.69) is 5.32 Å². The number of benzene rings is 2. The predicted molar refractivity (Wildman–Crippen MR) is 106 cm³/mol. The van der Waals surface area contributed by atoms with E-state index >= 15 is 0 Å². The molecule has 2 aromatic carbocycles. The summed E-state index contributed by atoms with van der Waals surface area (Å²) >= 11 is 0. The van der Waals surface area contributed by atoms with Crippen molar-refractivity contribution in [2.75, 3.05) is 43.1 Å². The third-order valence-corrected chi connectivity index (χ3v) is 4.43. The number of ether oxygens (including phenoxy) is 2. The first-order valence-electron chi connectivity index (χ1n) is 9.09. The predicted octanol–water partition coefficient (Wildman–Crippen LogP) is 2.54. The van der Waals surface area contributed by atoms with Gasteiger partial charge in [-0.25, -0.2) is 4.79 Å². The van der Waals surface area contributed by atoms with Crippen molar-refractivity contribution in [2.45, 2.75) is 6.92 Å². The van der Waals surface area contributed by atoms with Crippen LogP contribution in [0.2, 0.25) is 0 Å². The zero-order valence-electron chi connectivity index (χ0n) is 15.9. The van der Waals surface area contributed by atoms with Crippen molar-refractivity contribution < 1.29 is 24.0 Å². The number of morpholine rings is 1. The minimum atomic E-state index is -0.805. The Labute approximate surface area is 167 Å². The van der Waals surface area contributed by atoms with E-state index in [0.29, 0.717) is 37.7 Å².